The van der Waals surface area contributed by atoms with Crippen molar-refractivity contribution in [3.8, 4) is 6.26 Å². The topological polar surface area (TPSA) is 50.1 Å². The summed E-state index contributed by atoms with van der Waals surface area (Å²) in [5.41, 5.74) is -0.379. The number of hydrogen-bond acceptors (Lipinski definition) is 3. The second-order valence-corrected chi connectivity index (χ2v) is 3.68. The summed E-state index contributed by atoms with van der Waals surface area (Å²) in [6.45, 7) is 5.38. The molecule has 0 aliphatic heterocycles. The first kappa shape index (κ1) is 10.2. The highest BCUT2D eigenvalue weighted by atomic mass is 35.5. The molecule has 1 unspecified atom stereocenters. The Hall–Kier alpha value is -0.750. The van der Waals surface area contributed by atoms with Gasteiger partial charge in [-0.15, -0.1) is 16.9 Å². The van der Waals surface area contributed by atoms with Crippen molar-refractivity contribution >= 4 is 17.6 Å². The lowest BCUT2D eigenvalue weighted by Crippen LogP contribution is -2.30. The van der Waals surface area contributed by atoms with Crippen molar-refractivity contribution in [2.24, 2.45) is 5.41 Å². The first-order chi connectivity index (χ1) is 4.89. The van der Waals surface area contributed by atoms with Crippen molar-refractivity contribution in [1.29, 1.82) is 5.26 Å². The second kappa shape index (κ2) is 3.59. The minimum absolute atomic E-state index is 0.379. The van der Waals surface area contributed by atoms with E-state index in [1.807, 2.05) is 0 Å². The Kier molecular flexibility index (Phi) is 3.34. The summed E-state index contributed by atoms with van der Waals surface area (Å²) in [6.07, 6.45) is 1.29. The number of halogens is 1. The van der Waals surface area contributed by atoms with Gasteiger partial charge in [0.05, 0.1) is 0 Å². The maximum absolute atomic E-state index is 10.8. The third-order valence-electron chi connectivity index (χ3n) is 1.11. The van der Waals surface area contributed by atoms with Crippen molar-refractivity contribution in [2.45, 2.75) is 26.1 Å². The van der Waals surface area contributed by atoms with Gasteiger partial charge in [0.25, 0.3) is 6.26 Å². The van der Waals surface area contributed by atoms with Crippen LogP contribution in [0.25, 0.3) is 0 Å². The number of hydrogen-bond donors (Lipinski definition) is 0. The van der Waals surface area contributed by atoms with Gasteiger partial charge in [0.1, 0.15) is 5.38 Å². The zero-order chi connectivity index (χ0) is 9.07. The first-order valence-corrected chi connectivity index (χ1v) is 3.57. The maximum Gasteiger partial charge on any atom is 0.340 e. The molecule has 11 heavy (non-hydrogen) atoms. The smallest absolute Gasteiger partial charge is 0.340 e. The minimum Gasteiger partial charge on any atom is -0.350 e. The fraction of sp³-hybridized carbons (Fsp3) is 0.714. The summed E-state index contributed by atoms with van der Waals surface area (Å²) in [4.78, 5) is 10.8. The van der Waals surface area contributed by atoms with Crippen LogP contribution in [0, 0.1) is 16.9 Å². The molecule has 4 heteroatoms. The Morgan fingerprint density at radius 2 is 2.09 bits per heavy atom. The Morgan fingerprint density at radius 3 is 2.36 bits per heavy atom. The van der Waals surface area contributed by atoms with E-state index in [0.717, 1.165) is 0 Å². The molecule has 0 fully saturated rings. The van der Waals surface area contributed by atoms with Crippen LogP contribution in [-0.4, -0.2) is 11.3 Å². The van der Waals surface area contributed by atoms with Crippen LogP contribution in [0.4, 0.5) is 0 Å². The molecule has 0 radical (unpaired) electrons. The lowest BCUT2D eigenvalue weighted by Gasteiger charge is -2.21. The van der Waals surface area contributed by atoms with Crippen LogP contribution < -0.4 is 0 Å². The van der Waals surface area contributed by atoms with Crippen molar-refractivity contribution in [3.63, 3.8) is 0 Å². The van der Waals surface area contributed by atoms with Gasteiger partial charge in [0.2, 0.25) is 0 Å². The van der Waals surface area contributed by atoms with Gasteiger partial charge in [-0.05, 0) is 5.41 Å². The highest BCUT2D eigenvalue weighted by Crippen LogP contribution is 2.25. The molecule has 1 atom stereocenters. The molecule has 0 amide bonds. The molecule has 0 heterocycles. The number of ether oxygens (including phenoxy) is 1. The summed E-state index contributed by atoms with van der Waals surface area (Å²) >= 11 is 5.66. The van der Waals surface area contributed by atoms with Crippen molar-refractivity contribution in [2.75, 3.05) is 0 Å². The summed E-state index contributed by atoms with van der Waals surface area (Å²) in [6, 6.07) is 0. The van der Waals surface area contributed by atoms with Crippen molar-refractivity contribution in [3.05, 3.63) is 0 Å². The second-order valence-electron chi connectivity index (χ2n) is 3.24. The molecule has 0 rings (SSSR count). The van der Waals surface area contributed by atoms with Crippen LogP contribution in [0.5, 0.6) is 0 Å². The van der Waals surface area contributed by atoms with Gasteiger partial charge in [0.15, 0.2) is 0 Å². The van der Waals surface area contributed by atoms with Gasteiger partial charge in [-0.1, -0.05) is 20.8 Å². The lowest BCUT2D eigenvalue weighted by molar-refractivity contribution is -0.138. The molecular formula is C7H10ClNO2. The summed E-state index contributed by atoms with van der Waals surface area (Å²) in [5, 5.41) is 7.22. The average molecular weight is 176 g/mol. The van der Waals surface area contributed by atoms with E-state index in [9.17, 15) is 4.79 Å². The minimum atomic E-state index is -0.776. The van der Waals surface area contributed by atoms with Gasteiger partial charge in [-0.25, -0.2) is 4.79 Å². The molecule has 0 saturated carbocycles. The van der Waals surface area contributed by atoms with Gasteiger partial charge < -0.3 is 4.74 Å². The fourth-order valence-electron chi connectivity index (χ4n) is 0.450. The number of nitrogens with zero attached hydrogens (tertiary/aromatic N) is 1. The van der Waals surface area contributed by atoms with E-state index in [-0.39, 0.29) is 5.41 Å². The van der Waals surface area contributed by atoms with Gasteiger partial charge in [-0.2, -0.15) is 0 Å². The average Bonchev–Trinajstić information content (AvgIpc) is 1.85. The van der Waals surface area contributed by atoms with E-state index < -0.39 is 11.3 Å². The third kappa shape index (κ3) is 3.24. The van der Waals surface area contributed by atoms with Gasteiger partial charge >= 0.3 is 5.97 Å². The predicted octanol–water partition coefficient (Wildman–Crippen LogP) is 1.66. The highest BCUT2D eigenvalue weighted by molar-refractivity contribution is 6.30. The normalized spacial score (nSPS) is 13.4. The van der Waals surface area contributed by atoms with Crippen LogP contribution in [0.15, 0.2) is 0 Å². The van der Waals surface area contributed by atoms with Crippen LogP contribution in [-0.2, 0) is 9.53 Å². The Morgan fingerprint density at radius 1 is 1.64 bits per heavy atom. The van der Waals surface area contributed by atoms with E-state index in [1.54, 1.807) is 20.8 Å². The molecule has 0 bridgehead atoms. The quantitative estimate of drug-likeness (QED) is 0.346. The summed E-state index contributed by atoms with van der Waals surface area (Å²) < 4.78 is 4.06. The van der Waals surface area contributed by atoms with Crippen LogP contribution >= 0.6 is 11.6 Å². The zero-order valence-corrected chi connectivity index (χ0v) is 7.47. The Labute approximate surface area is 70.9 Å². The van der Waals surface area contributed by atoms with E-state index in [1.165, 1.54) is 6.26 Å². The van der Waals surface area contributed by atoms with Gasteiger partial charge in [0, 0.05) is 0 Å². The molecule has 0 aliphatic carbocycles. The summed E-state index contributed by atoms with van der Waals surface area (Å²) in [5.74, 6) is -0.693. The monoisotopic (exact) mass is 175 g/mol. The molecule has 0 aliphatic rings. The number of nitriles is 1. The van der Waals surface area contributed by atoms with Crippen molar-refractivity contribution < 1.29 is 9.53 Å². The van der Waals surface area contributed by atoms with E-state index in [4.69, 9.17) is 16.9 Å². The highest BCUT2D eigenvalue weighted by Gasteiger charge is 2.30. The molecule has 3 nitrogen and oxygen atoms in total. The largest absolute Gasteiger partial charge is 0.350 e. The SMILES string of the molecule is CC(C)(C)C(Cl)C(=O)OC#N. The van der Waals surface area contributed by atoms with E-state index in [0.29, 0.717) is 0 Å². The molecule has 0 saturated heterocycles. The zero-order valence-electron chi connectivity index (χ0n) is 6.72. The molecular weight excluding hydrogens is 166 g/mol. The van der Waals surface area contributed by atoms with Crippen molar-refractivity contribution in [1.82, 2.24) is 0 Å². The standard InChI is InChI=1S/C7H10ClNO2/c1-7(2,3)5(8)6(10)11-4-9/h5H,1-3H3. The molecule has 0 aromatic carbocycles. The molecule has 0 spiro atoms. The Bertz CT molecular complexity index is 190. The van der Waals surface area contributed by atoms with E-state index in [2.05, 4.69) is 4.74 Å². The predicted molar refractivity (Wildman–Crippen MR) is 40.8 cm³/mol. The van der Waals surface area contributed by atoms with Crippen LogP contribution in [0.1, 0.15) is 20.8 Å². The molecule has 62 valence electrons. The van der Waals surface area contributed by atoms with E-state index >= 15 is 0 Å². The maximum atomic E-state index is 10.8. The lowest BCUT2D eigenvalue weighted by atomic mass is 9.92. The number of carbonyl (C=O) groups is 1. The first-order valence-electron chi connectivity index (χ1n) is 3.13. The number of esters is 1. The molecule has 0 aromatic heterocycles. The van der Waals surface area contributed by atoms with Gasteiger partial charge in [-0.3, -0.25) is 0 Å². The number of rotatable bonds is 1. The molecule has 0 aromatic rings. The van der Waals surface area contributed by atoms with Crippen LogP contribution in [0.2, 0.25) is 0 Å². The number of alkyl halides is 1. The van der Waals surface area contributed by atoms with Crippen LogP contribution in [0.3, 0.4) is 0 Å². The third-order valence-corrected chi connectivity index (χ3v) is 1.95. The Balaban J connectivity index is 4.17. The number of carbonyl (C=O) groups excluding carboxylic acids is 1. The summed E-state index contributed by atoms with van der Waals surface area (Å²) in [7, 11) is 0. The fourth-order valence-corrected chi connectivity index (χ4v) is 0.495. The molecule has 0 N–H and O–H groups in total.